The molecule has 11 nitrogen and oxygen atoms in total. The number of hydrogen-bond donors (Lipinski definition) is 4. The SMILES string of the molecule is CCCCCCCCCCC(O)CN(CCOCCN(CCCN1CCN(C)CC1)CCOCCN(CC(O)CCCCCCCCCC)CC(O)CCCCCCCCCC)CC(O)CCCCCCCCCC. The van der Waals surface area contributed by atoms with Crippen LogP contribution >= 0.6 is 0 Å². The van der Waals surface area contributed by atoms with E-state index in [1.165, 1.54) is 180 Å². The van der Waals surface area contributed by atoms with Gasteiger partial charge in [0, 0.05) is 78.5 Å². The van der Waals surface area contributed by atoms with E-state index >= 15 is 0 Å². The zero-order chi connectivity index (χ0) is 54.5. The average molecular weight is 1070 g/mol. The maximum absolute atomic E-state index is 11.2. The van der Waals surface area contributed by atoms with Gasteiger partial charge in [-0.3, -0.25) is 14.7 Å². The highest BCUT2D eigenvalue weighted by molar-refractivity contribution is 4.73. The fourth-order valence-corrected chi connectivity index (χ4v) is 11.0. The van der Waals surface area contributed by atoms with Gasteiger partial charge in [0.25, 0.3) is 0 Å². The third-order valence-electron chi connectivity index (χ3n) is 16.2. The molecule has 11 heteroatoms. The number of aliphatic hydroxyl groups excluding tert-OH is 4. The lowest BCUT2D eigenvalue weighted by Crippen LogP contribution is -2.45. The largest absolute Gasteiger partial charge is 0.392 e. The van der Waals surface area contributed by atoms with E-state index in [1.54, 1.807) is 0 Å². The standard InChI is InChI=1S/C64H133N5O6/c1-6-10-14-18-22-26-30-34-39-61(70)57-68(58-62(71)40-35-31-27-23-19-15-11-7-2)51-55-74-53-49-67(44-38-43-66-47-45-65(5)46-48-66)50-54-75-56-52-69(59-63(72)41-36-32-28-24-20-16-12-8-3)60-64(73)42-37-33-29-25-21-17-13-9-4/h61-64,70-73H,6-60H2,1-5H3. The molecule has 0 saturated carbocycles. The summed E-state index contributed by atoms with van der Waals surface area (Å²) in [6.07, 6.45) is 43.4. The third-order valence-corrected chi connectivity index (χ3v) is 16.2. The number of nitrogens with zero attached hydrogens (tertiary/aromatic N) is 5. The van der Waals surface area contributed by atoms with Crippen molar-refractivity contribution in [3.63, 3.8) is 0 Å². The number of likely N-dealkylation sites (N-methyl/N-ethyl adjacent to an activating group) is 1. The normalized spacial score (nSPS) is 15.5. The molecule has 1 rings (SSSR count). The molecule has 4 unspecified atom stereocenters. The van der Waals surface area contributed by atoms with Gasteiger partial charge in [0.05, 0.1) is 50.8 Å². The molecule has 0 aliphatic carbocycles. The molecule has 4 N–H and O–H groups in total. The van der Waals surface area contributed by atoms with E-state index in [-0.39, 0.29) is 24.4 Å². The molecule has 1 heterocycles. The monoisotopic (exact) mass is 1070 g/mol. The third kappa shape index (κ3) is 49.1. The van der Waals surface area contributed by atoms with Crippen LogP contribution in [0.2, 0.25) is 0 Å². The summed E-state index contributed by atoms with van der Waals surface area (Å²) in [6, 6.07) is 0. The van der Waals surface area contributed by atoms with Gasteiger partial charge in [-0.25, -0.2) is 0 Å². The highest BCUT2D eigenvalue weighted by Gasteiger charge is 2.19. The van der Waals surface area contributed by atoms with Gasteiger partial charge in [0.2, 0.25) is 0 Å². The Morgan fingerprint density at radius 2 is 0.573 bits per heavy atom. The van der Waals surface area contributed by atoms with Crippen molar-refractivity contribution in [1.29, 1.82) is 0 Å². The molecule has 1 fully saturated rings. The first-order valence-electron chi connectivity index (χ1n) is 33.2. The van der Waals surface area contributed by atoms with Crippen LogP contribution in [0.25, 0.3) is 0 Å². The van der Waals surface area contributed by atoms with Crippen LogP contribution in [0.15, 0.2) is 0 Å². The summed E-state index contributed by atoms with van der Waals surface area (Å²) < 4.78 is 12.7. The predicted octanol–water partition coefficient (Wildman–Crippen LogP) is 13.1. The fraction of sp³-hybridized carbons (Fsp3) is 1.00. The zero-order valence-electron chi connectivity index (χ0n) is 51.0. The first-order valence-corrected chi connectivity index (χ1v) is 33.2. The van der Waals surface area contributed by atoms with Gasteiger partial charge < -0.3 is 39.7 Å². The second-order valence-electron chi connectivity index (χ2n) is 23.8. The minimum Gasteiger partial charge on any atom is -0.392 e. The number of rotatable bonds is 60. The zero-order valence-corrected chi connectivity index (χ0v) is 51.0. The summed E-state index contributed by atoms with van der Waals surface area (Å²) in [5, 5.41) is 44.7. The van der Waals surface area contributed by atoms with Gasteiger partial charge in [-0.05, 0) is 52.2 Å². The Kier molecular flexibility index (Phi) is 53.7. The summed E-state index contributed by atoms with van der Waals surface area (Å²) in [4.78, 5) is 12.1. The van der Waals surface area contributed by atoms with Crippen molar-refractivity contribution in [2.24, 2.45) is 0 Å². The number of unbranched alkanes of at least 4 members (excludes halogenated alkanes) is 28. The lowest BCUT2D eigenvalue weighted by atomic mass is 10.0. The molecule has 0 spiro atoms. The molecule has 0 aromatic rings. The van der Waals surface area contributed by atoms with E-state index in [1.807, 2.05) is 0 Å². The summed E-state index contributed by atoms with van der Waals surface area (Å²) >= 11 is 0. The molecular weight excluding hydrogens is 935 g/mol. The van der Waals surface area contributed by atoms with Crippen molar-refractivity contribution in [3.05, 3.63) is 0 Å². The molecule has 0 aromatic carbocycles. The van der Waals surface area contributed by atoms with Gasteiger partial charge in [0.15, 0.2) is 0 Å². The van der Waals surface area contributed by atoms with Crippen LogP contribution in [0.3, 0.4) is 0 Å². The van der Waals surface area contributed by atoms with Crippen LogP contribution in [0.4, 0.5) is 0 Å². The summed E-state index contributed by atoms with van der Waals surface area (Å²) in [5.41, 5.74) is 0. The smallest absolute Gasteiger partial charge is 0.0667 e. The van der Waals surface area contributed by atoms with E-state index in [2.05, 4.69) is 59.2 Å². The van der Waals surface area contributed by atoms with Crippen molar-refractivity contribution in [1.82, 2.24) is 24.5 Å². The van der Waals surface area contributed by atoms with E-state index in [9.17, 15) is 20.4 Å². The second-order valence-corrected chi connectivity index (χ2v) is 23.8. The molecule has 450 valence electrons. The van der Waals surface area contributed by atoms with E-state index in [0.717, 1.165) is 110 Å². The molecule has 0 radical (unpaired) electrons. The second kappa shape index (κ2) is 55.5. The van der Waals surface area contributed by atoms with E-state index < -0.39 is 0 Å². The Labute approximate surface area is 467 Å². The van der Waals surface area contributed by atoms with Gasteiger partial charge in [-0.1, -0.05) is 233 Å². The molecule has 4 atom stereocenters. The predicted molar refractivity (Wildman–Crippen MR) is 322 cm³/mol. The number of hydrogen-bond acceptors (Lipinski definition) is 11. The highest BCUT2D eigenvalue weighted by atomic mass is 16.5. The molecule has 0 bridgehead atoms. The Morgan fingerprint density at radius 3 is 0.853 bits per heavy atom. The Morgan fingerprint density at radius 1 is 0.320 bits per heavy atom. The Bertz CT molecular complexity index is 996. The molecule has 1 aliphatic rings. The first-order chi connectivity index (χ1) is 36.7. The number of aliphatic hydroxyl groups is 4. The van der Waals surface area contributed by atoms with Gasteiger partial charge in [-0.15, -0.1) is 0 Å². The molecule has 0 aromatic heterocycles. The van der Waals surface area contributed by atoms with E-state index in [0.29, 0.717) is 65.7 Å². The van der Waals surface area contributed by atoms with Crippen molar-refractivity contribution in [2.75, 3.05) is 125 Å². The van der Waals surface area contributed by atoms with Crippen molar-refractivity contribution >= 4 is 0 Å². The van der Waals surface area contributed by atoms with Crippen LogP contribution in [0, 0.1) is 0 Å². The summed E-state index contributed by atoms with van der Waals surface area (Å²) in [7, 11) is 2.22. The van der Waals surface area contributed by atoms with Crippen LogP contribution in [-0.2, 0) is 9.47 Å². The van der Waals surface area contributed by atoms with Crippen LogP contribution in [0.1, 0.15) is 265 Å². The molecule has 1 aliphatic heterocycles. The van der Waals surface area contributed by atoms with Gasteiger partial charge in [0.1, 0.15) is 0 Å². The van der Waals surface area contributed by atoms with Crippen molar-refractivity contribution in [2.45, 2.75) is 290 Å². The highest BCUT2D eigenvalue weighted by Crippen LogP contribution is 2.17. The lowest BCUT2D eigenvalue weighted by molar-refractivity contribution is 0.0254. The minimum absolute atomic E-state index is 0.377. The molecular formula is C64H133N5O6. The summed E-state index contributed by atoms with van der Waals surface area (Å²) in [5.74, 6) is 0. The van der Waals surface area contributed by atoms with Crippen LogP contribution in [-0.4, -0.2) is 194 Å². The Hall–Kier alpha value is -0.440. The maximum Gasteiger partial charge on any atom is 0.0667 e. The first kappa shape index (κ1) is 72.6. The number of piperazine rings is 1. The maximum atomic E-state index is 11.2. The van der Waals surface area contributed by atoms with Gasteiger partial charge in [-0.2, -0.15) is 0 Å². The van der Waals surface area contributed by atoms with Crippen LogP contribution < -0.4 is 0 Å². The van der Waals surface area contributed by atoms with Crippen molar-refractivity contribution < 1.29 is 29.9 Å². The average Bonchev–Trinajstić information content (AvgIpc) is 3.39. The van der Waals surface area contributed by atoms with Crippen LogP contribution in [0.5, 0.6) is 0 Å². The quantitative estimate of drug-likeness (QED) is 0.0437. The number of ether oxygens (including phenoxy) is 2. The van der Waals surface area contributed by atoms with Gasteiger partial charge >= 0.3 is 0 Å². The fourth-order valence-electron chi connectivity index (χ4n) is 11.0. The van der Waals surface area contributed by atoms with Crippen molar-refractivity contribution in [3.8, 4) is 0 Å². The lowest BCUT2D eigenvalue weighted by Gasteiger charge is -2.33. The molecule has 75 heavy (non-hydrogen) atoms. The Balaban J connectivity index is 2.77. The molecule has 0 amide bonds. The van der Waals surface area contributed by atoms with E-state index in [4.69, 9.17) is 9.47 Å². The molecule has 1 saturated heterocycles. The summed E-state index contributed by atoms with van der Waals surface area (Å²) in [6.45, 7) is 23.7. The topological polar surface area (TPSA) is 116 Å². The minimum atomic E-state index is -0.377.